The fraction of sp³-hybridized carbons (Fsp3) is 0.0400. The first-order valence-corrected chi connectivity index (χ1v) is 10.7. The molecule has 4 nitrogen and oxygen atoms in total. The van der Waals surface area contributed by atoms with Gasteiger partial charge in [-0.25, -0.2) is 14.4 Å². The van der Waals surface area contributed by atoms with Crippen LogP contribution < -0.4 is 10.6 Å². The van der Waals surface area contributed by atoms with Crippen LogP contribution in [0, 0.1) is 12.7 Å². The topological polar surface area (TPSA) is 49.8 Å². The molecule has 2 heterocycles. The van der Waals surface area contributed by atoms with E-state index in [0.29, 0.717) is 0 Å². The summed E-state index contributed by atoms with van der Waals surface area (Å²) in [6.07, 6.45) is 1.57. The van der Waals surface area contributed by atoms with Crippen LogP contribution in [0.2, 0.25) is 0 Å². The standard InChI is InChI=1S/C25H19FN4S/c1-16-22(17-7-9-18(26)10-8-17)23-24(27-15-28-25(23)31-16)30-21-13-11-20(12-14-21)29-19-5-3-2-4-6-19/h2-15,29H,1H3,(H,27,28,30). The van der Waals surface area contributed by atoms with Crippen LogP contribution in [0.5, 0.6) is 0 Å². The number of thiophene rings is 1. The molecule has 2 aromatic heterocycles. The number of hydrogen-bond acceptors (Lipinski definition) is 5. The molecular formula is C25H19FN4S. The van der Waals surface area contributed by atoms with Gasteiger partial charge in [-0.1, -0.05) is 30.3 Å². The first kappa shape index (κ1) is 19.2. The molecule has 152 valence electrons. The highest BCUT2D eigenvalue weighted by Crippen LogP contribution is 2.41. The Morgan fingerprint density at radius 3 is 2.10 bits per heavy atom. The normalized spacial score (nSPS) is 10.9. The fourth-order valence-electron chi connectivity index (χ4n) is 3.56. The lowest BCUT2D eigenvalue weighted by Gasteiger charge is -2.11. The molecule has 5 rings (SSSR count). The van der Waals surface area contributed by atoms with Crippen molar-refractivity contribution < 1.29 is 4.39 Å². The summed E-state index contributed by atoms with van der Waals surface area (Å²) in [5, 5.41) is 7.75. The maximum atomic E-state index is 13.4. The smallest absolute Gasteiger partial charge is 0.143 e. The van der Waals surface area contributed by atoms with Crippen LogP contribution in [-0.4, -0.2) is 9.97 Å². The Morgan fingerprint density at radius 2 is 1.39 bits per heavy atom. The SMILES string of the molecule is Cc1sc2ncnc(Nc3ccc(Nc4ccccc4)cc3)c2c1-c1ccc(F)cc1. The number of hydrogen-bond donors (Lipinski definition) is 2. The number of aromatic nitrogens is 2. The van der Waals surface area contributed by atoms with Crippen LogP contribution in [0.1, 0.15) is 4.88 Å². The zero-order valence-electron chi connectivity index (χ0n) is 16.8. The summed E-state index contributed by atoms with van der Waals surface area (Å²) in [6, 6.07) is 24.7. The van der Waals surface area contributed by atoms with Crippen molar-refractivity contribution in [2.75, 3.05) is 10.6 Å². The number of aryl methyl sites for hydroxylation is 1. The van der Waals surface area contributed by atoms with Gasteiger partial charge in [-0.2, -0.15) is 0 Å². The molecule has 6 heteroatoms. The number of halogens is 1. The van der Waals surface area contributed by atoms with Crippen molar-refractivity contribution in [3.05, 3.63) is 95.9 Å². The van der Waals surface area contributed by atoms with E-state index in [9.17, 15) is 4.39 Å². The van der Waals surface area contributed by atoms with Gasteiger partial charge in [0.1, 0.15) is 22.8 Å². The van der Waals surface area contributed by atoms with Crippen LogP contribution in [0.3, 0.4) is 0 Å². The van der Waals surface area contributed by atoms with Gasteiger partial charge in [0.2, 0.25) is 0 Å². The Hall–Kier alpha value is -3.77. The average molecular weight is 427 g/mol. The van der Waals surface area contributed by atoms with E-state index >= 15 is 0 Å². The lowest BCUT2D eigenvalue weighted by Crippen LogP contribution is -1.96. The van der Waals surface area contributed by atoms with Gasteiger partial charge in [-0.3, -0.25) is 0 Å². The van der Waals surface area contributed by atoms with E-state index in [4.69, 9.17) is 0 Å². The summed E-state index contributed by atoms with van der Waals surface area (Å²) in [7, 11) is 0. The second kappa shape index (κ2) is 8.16. The largest absolute Gasteiger partial charge is 0.356 e. The summed E-state index contributed by atoms with van der Waals surface area (Å²) in [5.74, 6) is 0.484. The molecule has 0 amide bonds. The number of fused-ring (bicyclic) bond motifs is 1. The first-order chi connectivity index (χ1) is 15.2. The van der Waals surface area contributed by atoms with Gasteiger partial charge in [0.05, 0.1) is 5.39 Å². The third-order valence-electron chi connectivity index (χ3n) is 5.01. The van der Waals surface area contributed by atoms with Crippen LogP contribution in [0.25, 0.3) is 21.3 Å². The Kier molecular flexibility index (Phi) is 5.06. The summed E-state index contributed by atoms with van der Waals surface area (Å²) < 4.78 is 13.4. The third-order valence-corrected chi connectivity index (χ3v) is 6.02. The molecule has 2 N–H and O–H groups in total. The van der Waals surface area contributed by atoms with Crippen molar-refractivity contribution in [1.29, 1.82) is 0 Å². The molecule has 0 unspecified atom stereocenters. The minimum absolute atomic E-state index is 0.250. The number of anilines is 4. The van der Waals surface area contributed by atoms with Gasteiger partial charge >= 0.3 is 0 Å². The zero-order valence-corrected chi connectivity index (χ0v) is 17.6. The molecule has 0 bridgehead atoms. The number of nitrogens with one attached hydrogen (secondary N) is 2. The van der Waals surface area contributed by atoms with Crippen molar-refractivity contribution in [2.45, 2.75) is 6.92 Å². The van der Waals surface area contributed by atoms with Crippen LogP contribution in [-0.2, 0) is 0 Å². The quantitative estimate of drug-likeness (QED) is 0.310. The number of nitrogens with zero attached hydrogens (tertiary/aromatic N) is 2. The van der Waals surface area contributed by atoms with Gasteiger partial charge in [0, 0.05) is 27.5 Å². The molecule has 0 aliphatic heterocycles. The molecule has 31 heavy (non-hydrogen) atoms. The van der Waals surface area contributed by atoms with Gasteiger partial charge in [0.15, 0.2) is 0 Å². The Balaban J connectivity index is 1.47. The average Bonchev–Trinajstić information content (AvgIpc) is 3.13. The van der Waals surface area contributed by atoms with Crippen molar-refractivity contribution in [2.24, 2.45) is 0 Å². The van der Waals surface area contributed by atoms with E-state index < -0.39 is 0 Å². The zero-order chi connectivity index (χ0) is 21.2. The predicted octanol–water partition coefficient (Wildman–Crippen LogP) is 7.29. The van der Waals surface area contributed by atoms with Crippen molar-refractivity contribution >= 4 is 44.4 Å². The monoisotopic (exact) mass is 426 g/mol. The summed E-state index contributed by atoms with van der Waals surface area (Å²) in [5.41, 5.74) is 4.95. The maximum Gasteiger partial charge on any atom is 0.143 e. The maximum absolute atomic E-state index is 13.4. The molecule has 0 saturated carbocycles. The molecule has 5 aromatic rings. The summed E-state index contributed by atoms with van der Waals surface area (Å²) in [4.78, 5) is 11.0. The number of rotatable bonds is 5. The Morgan fingerprint density at radius 1 is 0.742 bits per heavy atom. The first-order valence-electron chi connectivity index (χ1n) is 9.86. The Bertz CT molecular complexity index is 1330. The molecule has 0 saturated heterocycles. The predicted molar refractivity (Wildman–Crippen MR) is 127 cm³/mol. The molecular weight excluding hydrogens is 407 g/mol. The molecule has 3 aromatic carbocycles. The second-order valence-electron chi connectivity index (χ2n) is 7.14. The van der Waals surface area contributed by atoms with E-state index in [1.807, 2.05) is 54.6 Å². The minimum Gasteiger partial charge on any atom is -0.356 e. The highest BCUT2D eigenvalue weighted by atomic mass is 32.1. The van der Waals surface area contributed by atoms with Crippen LogP contribution in [0.15, 0.2) is 85.2 Å². The van der Waals surface area contributed by atoms with E-state index in [0.717, 1.165) is 49.1 Å². The number of para-hydroxylation sites is 1. The highest BCUT2D eigenvalue weighted by Gasteiger charge is 2.17. The van der Waals surface area contributed by atoms with Gasteiger partial charge in [-0.05, 0) is 61.0 Å². The van der Waals surface area contributed by atoms with Gasteiger partial charge in [-0.15, -0.1) is 11.3 Å². The van der Waals surface area contributed by atoms with E-state index in [1.165, 1.54) is 12.1 Å². The van der Waals surface area contributed by atoms with Crippen molar-refractivity contribution in [1.82, 2.24) is 9.97 Å². The molecule has 0 radical (unpaired) electrons. The van der Waals surface area contributed by atoms with E-state index in [-0.39, 0.29) is 5.82 Å². The molecule has 0 aliphatic carbocycles. The van der Waals surface area contributed by atoms with E-state index in [2.05, 4.69) is 27.5 Å². The van der Waals surface area contributed by atoms with Crippen molar-refractivity contribution in [3.63, 3.8) is 0 Å². The number of benzene rings is 3. The van der Waals surface area contributed by atoms with Crippen LogP contribution >= 0.6 is 11.3 Å². The fourth-order valence-corrected chi connectivity index (χ4v) is 4.58. The summed E-state index contributed by atoms with van der Waals surface area (Å²) in [6.45, 7) is 2.05. The van der Waals surface area contributed by atoms with Gasteiger partial charge in [0.25, 0.3) is 0 Å². The molecule has 0 aliphatic rings. The molecule has 0 spiro atoms. The molecule has 0 fully saturated rings. The van der Waals surface area contributed by atoms with Crippen molar-refractivity contribution in [3.8, 4) is 11.1 Å². The van der Waals surface area contributed by atoms with Crippen LogP contribution in [0.4, 0.5) is 27.3 Å². The lowest BCUT2D eigenvalue weighted by atomic mass is 10.0. The molecule has 0 atom stereocenters. The highest BCUT2D eigenvalue weighted by molar-refractivity contribution is 7.19. The summed E-state index contributed by atoms with van der Waals surface area (Å²) >= 11 is 1.61. The third kappa shape index (κ3) is 3.98. The van der Waals surface area contributed by atoms with E-state index in [1.54, 1.807) is 29.8 Å². The second-order valence-corrected chi connectivity index (χ2v) is 8.34. The Labute approximate surface area is 183 Å². The lowest BCUT2D eigenvalue weighted by molar-refractivity contribution is 0.628. The minimum atomic E-state index is -0.250. The van der Waals surface area contributed by atoms with Gasteiger partial charge < -0.3 is 10.6 Å².